The summed E-state index contributed by atoms with van der Waals surface area (Å²) in [5, 5.41) is 12.1. The standard InChI is InChI=1S/C12H17NO3/c1-7-5-9(7)6-13-8(2)10-3-4-11(16-10)12(14)15/h3-4,7-9,13H,5-6H2,1-2H3,(H,14,15). The molecular formula is C12H17NO3. The molecule has 2 N–H and O–H groups in total. The SMILES string of the molecule is CC(NCC1CC1C)c1ccc(C(=O)O)o1. The lowest BCUT2D eigenvalue weighted by molar-refractivity contribution is 0.0659. The van der Waals surface area contributed by atoms with Crippen molar-refractivity contribution in [3.63, 3.8) is 0 Å². The van der Waals surface area contributed by atoms with Crippen LogP contribution >= 0.6 is 0 Å². The molecule has 1 fully saturated rings. The molecule has 3 atom stereocenters. The van der Waals surface area contributed by atoms with Gasteiger partial charge in [-0.05, 0) is 43.9 Å². The van der Waals surface area contributed by atoms with Gasteiger partial charge in [0.15, 0.2) is 0 Å². The van der Waals surface area contributed by atoms with Crippen molar-refractivity contribution >= 4 is 5.97 Å². The monoisotopic (exact) mass is 223 g/mol. The summed E-state index contributed by atoms with van der Waals surface area (Å²) in [5.41, 5.74) is 0. The van der Waals surface area contributed by atoms with E-state index in [9.17, 15) is 4.79 Å². The molecule has 0 aromatic carbocycles. The van der Waals surface area contributed by atoms with Gasteiger partial charge in [0.1, 0.15) is 5.76 Å². The Kier molecular flexibility index (Phi) is 3.01. The van der Waals surface area contributed by atoms with E-state index >= 15 is 0 Å². The maximum Gasteiger partial charge on any atom is 0.371 e. The van der Waals surface area contributed by atoms with Crippen molar-refractivity contribution in [1.29, 1.82) is 0 Å². The van der Waals surface area contributed by atoms with Gasteiger partial charge in [-0.1, -0.05) is 6.92 Å². The number of furan rings is 1. The highest BCUT2D eigenvalue weighted by Gasteiger charge is 2.32. The van der Waals surface area contributed by atoms with Crippen LogP contribution in [0.15, 0.2) is 16.5 Å². The van der Waals surface area contributed by atoms with Crippen LogP contribution in [0.1, 0.15) is 42.6 Å². The number of carboxylic acids is 1. The molecule has 0 radical (unpaired) electrons. The van der Waals surface area contributed by atoms with Crippen LogP contribution in [-0.2, 0) is 0 Å². The van der Waals surface area contributed by atoms with Gasteiger partial charge >= 0.3 is 5.97 Å². The number of carbonyl (C=O) groups is 1. The smallest absolute Gasteiger partial charge is 0.371 e. The summed E-state index contributed by atoms with van der Waals surface area (Å²) in [7, 11) is 0. The maximum absolute atomic E-state index is 10.6. The van der Waals surface area contributed by atoms with E-state index < -0.39 is 5.97 Å². The first-order valence-corrected chi connectivity index (χ1v) is 5.64. The summed E-state index contributed by atoms with van der Waals surface area (Å²) >= 11 is 0. The van der Waals surface area contributed by atoms with Crippen LogP contribution in [0.5, 0.6) is 0 Å². The second-order valence-electron chi connectivity index (χ2n) is 4.61. The molecule has 2 rings (SSSR count). The van der Waals surface area contributed by atoms with E-state index in [4.69, 9.17) is 9.52 Å². The molecule has 1 aromatic heterocycles. The van der Waals surface area contributed by atoms with Crippen molar-refractivity contribution in [2.75, 3.05) is 6.54 Å². The van der Waals surface area contributed by atoms with E-state index in [1.54, 1.807) is 6.07 Å². The molecule has 0 spiro atoms. The Morgan fingerprint density at radius 2 is 2.38 bits per heavy atom. The minimum atomic E-state index is -1.02. The van der Waals surface area contributed by atoms with Crippen molar-refractivity contribution in [3.8, 4) is 0 Å². The van der Waals surface area contributed by atoms with Gasteiger partial charge in [0.25, 0.3) is 0 Å². The van der Waals surface area contributed by atoms with E-state index in [1.165, 1.54) is 12.5 Å². The zero-order chi connectivity index (χ0) is 11.7. The summed E-state index contributed by atoms with van der Waals surface area (Å²) in [4.78, 5) is 10.6. The Bertz CT molecular complexity index is 385. The van der Waals surface area contributed by atoms with Crippen molar-refractivity contribution in [3.05, 3.63) is 23.7 Å². The summed E-state index contributed by atoms with van der Waals surface area (Å²) in [6.45, 7) is 5.20. The first kappa shape index (κ1) is 11.2. The lowest BCUT2D eigenvalue weighted by Gasteiger charge is -2.10. The number of rotatable bonds is 5. The minimum absolute atomic E-state index is 0.00319. The molecule has 1 aliphatic carbocycles. The maximum atomic E-state index is 10.6. The first-order valence-electron chi connectivity index (χ1n) is 5.64. The quantitative estimate of drug-likeness (QED) is 0.803. The molecule has 0 amide bonds. The average Bonchev–Trinajstić information content (AvgIpc) is 2.78. The molecular weight excluding hydrogens is 206 g/mol. The third-order valence-electron chi connectivity index (χ3n) is 3.23. The van der Waals surface area contributed by atoms with E-state index in [2.05, 4.69) is 12.2 Å². The Balaban J connectivity index is 1.87. The van der Waals surface area contributed by atoms with Crippen molar-refractivity contribution in [1.82, 2.24) is 5.32 Å². The summed E-state index contributed by atoms with van der Waals surface area (Å²) in [6, 6.07) is 3.29. The molecule has 4 nitrogen and oxygen atoms in total. The fourth-order valence-corrected chi connectivity index (χ4v) is 1.81. The fourth-order valence-electron chi connectivity index (χ4n) is 1.81. The summed E-state index contributed by atoms with van der Waals surface area (Å²) < 4.78 is 5.22. The first-order chi connectivity index (χ1) is 7.58. The van der Waals surface area contributed by atoms with Gasteiger partial charge in [-0.15, -0.1) is 0 Å². The van der Waals surface area contributed by atoms with Gasteiger partial charge < -0.3 is 14.8 Å². The molecule has 0 saturated heterocycles. The van der Waals surface area contributed by atoms with Crippen LogP contribution in [0, 0.1) is 11.8 Å². The highest BCUT2D eigenvalue weighted by molar-refractivity contribution is 5.84. The van der Waals surface area contributed by atoms with Crippen LogP contribution < -0.4 is 5.32 Å². The predicted octanol–water partition coefficient (Wildman–Crippen LogP) is 2.28. The third-order valence-corrected chi connectivity index (χ3v) is 3.23. The van der Waals surface area contributed by atoms with Crippen LogP contribution in [0.3, 0.4) is 0 Å². The Labute approximate surface area is 94.6 Å². The lowest BCUT2D eigenvalue weighted by atomic mass is 10.2. The molecule has 1 saturated carbocycles. The third kappa shape index (κ3) is 2.44. The Morgan fingerprint density at radius 1 is 1.69 bits per heavy atom. The average molecular weight is 223 g/mol. The molecule has 1 aromatic rings. The van der Waals surface area contributed by atoms with Gasteiger partial charge in [0.2, 0.25) is 5.76 Å². The topological polar surface area (TPSA) is 62.5 Å². The zero-order valence-corrected chi connectivity index (χ0v) is 9.56. The molecule has 3 unspecified atom stereocenters. The summed E-state index contributed by atoms with van der Waals surface area (Å²) in [5.74, 6) is 1.27. The van der Waals surface area contributed by atoms with Crippen molar-refractivity contribution in [2.45, 2.75) is 26.3 Å². The summed E-state index contributed by atoms with van der Waals surface area (Å²) in [6.07, 6.45) is 1.29. The van der Waals surface area contributed by atoms with Crippen LogP contribution in [0.4, 0.5) is 0 Å². The van der Waals surface area contributed by atoms with E-state index in [0.717, 1.165) is 18.4 Å². The number of hydrogen-bond acceptors (Lipinski definition) is 3. The van der Waals surface area contributed by atoms with Gasteiger partial charge in [0.05, 0.1) is 6.04 Å². The van der Waals surface area contributed by atoms with Crippen LogP contribution in [0.25, 0.3) is 0 Å². The Hall–Kier alpha value is -1.29. The van der Waals surface area contributed by atoms with Crippen LogP contribution in [-0.4, -0.2) is 17.6 Å². The van der Waals surface area contributed by atoms with E-state index in [1.807, 2.05) is 6.92 Å². The molecule has 0 bridgehead atoms. The predicted molar refractivity (Wildman–Crippen MR) is 59.4 cm³/mol. The number of nitrogens with one attached hydrogen (secondary N) is 1. The highest BCUT2D eigenvalue weighted by Crippen LogP contribution is 2.37. The number of carboxylic acid groups (broad SMARTS) is 1. The van der Waals surface area contributed by atoms with Crippen molar-refractivity contribution < 1.29 is 14.3 Å². The zero-order valence-electron chi connectivity index (χ0n) is 9.56. The van der Waals surface area contributed by atoms with Crippen LogP contribution in [0.2, 0.25) is 0 Å². The molecule has 16 heavy (non-hydrogen) atoms. The highest BCUT2D eigenvalue weighted by atomic mass is 16.4. The normalized spacial score (nSPS) is 25.4. The molecule has 1 heterocycles. The Morgan fingerprint density at radius 3 is 2.88 bits per heavy atom. The largest absolute Gasteiger partial charge is 0.475 e. The van der Waals surface area contributed by atoms with Gasteiger partial charge in [0, 0.05) is 0 Å². The van der Waals surface area contributed by atoms with Crippen molar-refractivity contribution in [2.24, 2.45) is 11.8 Å². The van der Waals surface area contributed by atoms with Gasteiger partial charge in [-0.2, -0.15) is 0 Å². The second kappa shape index (κ2) is 4.29. The molecule has 1 aliphatic rings. The molecule has 4 heteroatoms. The van der Waals surface area contributed by atoms with Gasteiger partial charge in [-0.25, -0.2) is 4.79 Å². The minimum Gasteiger partial charge on any atom is -0.475 e. The molecule has 0 aliphatic heterocycles. The van der Waals surface area contributed by atoms with Gasteiger partial charge in [-0.3, -0.25) is 0 Å². The second-order valence-corrected chi connectivity index (χ2v) is 4.61. The number of hydrogen-bond donors (Lipinski definition) is 2. The number of aromatic carboxylic acids is 1. The molecule has 88 valence electrons. The van der Waals surface area contributed by atoms with E-state index in [0.29, 0.717) is 5.76 Å². The fraction of sp³-hybridized carbons (Fsp3) is 0.583. The lowest BCUT2D eigenvalue weighted by Crippen LogP contribution is -2.21. The van der Waals surface area contributed by atoms with E-state index in [-0.39, 0.29) is 11.8 Å².